The van der Waals surface area contributed by atoms with Gasteiger partial charge >= 0.3 is 0 Å². The Labute approximate surface area is 213 Å². The van der Waals surface area contributed by atoms with Gasteiger partial charge in [0.05, 0.1) is 6.61 Å². The maximum absolute atomic E-state index is 7.19. The van der Waals surface area contributed by atoms with Gasteiger partial charge in [0.2, 0.25) is 0 Å². The Morgan fingerprint density at radius 2 is 1.60 bits per heavy atom. The number of hydrogen-bond acceptors (Lipinski definition) is 4. The van der Waals surface area contributed by atoms with E-state index in [1.54, 1.807) is 7.11 Å². The number of hydrogen-bond donors (Lipinski definition) is 0. The van der Waals surface area contributed by atoms with Crippen LogP contribution in [0.25, 0.3) is 0 Å². The molecule has 0 aromatic heterocycles. The van der Waals surface area contributed by atoms with Crippen molar-refractivity contribution in [1.82, 2.24) is 0 Å². The summed E-state index contributed by atoms with van der Waals surface area (Å²) in [4.78, 5) is 0. The molecule has 35 heavy (non-hydrogen) atoms. The predicted molar refractivity (Wildman–Crippen MR) is 147 cm³/mol. The number of ether oxygens (including phenoxy) is 3. The van der Waals surface area contributed by atoms with Gasteiger partial charge in [-0.1, -0.05) is 94.4 Å². The smallest absolute Gasteiger partial charge is 0.261 e. The standard InChI is InChI=1S/C30H44O4Si/c1-9-20-30(31-8,27-23-32-29(6,7)34-27)21-24(2)22-33-35(28(3,4)5,25-16-12-10-13-17-25)26-18-14-11-15-19-26/h9-19,24,27H,1,20-23H2,2-8H3/t24-,27-,30-/m1/s1. The van der Waals surface area contributed by atoms with Crippen molar-refractivity contribution in [2.75, 3.05) is 20.3 Å². The maximum Gasteiger partial charge on any atom is 0.261 e. The summed E-state index contributed by atoms with van der Waals surface area (Å²) in [6.07, 6.45) is 3.25. The fourth-order valence-electron chi connectivity index (χ4n) is 5.51. The molecule has 0 saturated carbocycles. The highest BCUT2D eigenvalue weighted by atomic mass is 28.4. The molecule has 0 aliphatic carbocycles. The van der Waals surface area contributed by atoms with Gasteiger partial charge in [-0.25, -0.2) is 0 Å². The van der Waals surface area contributed by atoms with Gasteiger partial charge in [0.1, 0.15) is 11.7 Å². The van der Waals surface area contributed by atoms with Crippen LogP contribution >= 0.6 is 0 Å². The van der Waals surface area contributed by atoms with Crippen molar-refractivity contribution in [3.63, 3.8) is 0 Å². The topological polar surface area (TPSA) is 36.9 Å². The zero-order chi connectivity index (χ0) is 25.7. The molecular formula is C30H44O4Si. The lowest BCUT2D eigenvalue weighted by atomic mass is 9.84. The Balaban J connectivity index is 1.91. The highest BCUT2D eigenvalue weighted by Gasteiger charge is 2.51. The van der Waals surface area contributed by atoms with Crippen LogP contribution in [0.5, 0.6) is 0 Å². The van der Waals surface area contributed by atoms with E-state index in [0.717, 1.165) is 6.42 Å². The van der Waals surface area contributed by atoms with Gasteiger partial charge in [-0.05, 0) is 48.0 Å². The normalized spacial score (nSPS) is 20.8. The lowest BCUT2D eigenvalue weighted by Gasteiger charge is -2.44. The molecular weight excluding hydrogens is 452 g/mol. The average Bonchev–Trinajstić information content (AvgIpc) is 3.20. The van der Waals surface area contributed by atoms with Gasteiger partial charge in [-0.3, -0.25) is 0 Å². The van der Waals surface area contributed by atoms with E-state index in [0.29, 0.717) is 19.6 Å². The molecule has 1 heterocycles. The number of methoxy groups -OCH3 is 1. The summed E-state index contributed by atoms with van der Waals surface area (Å²) in [6.45, 7) is 18.2. The molecule has 2 aromatic rings. The third-order valence-corrected chi connectivity index (χ3v) is 12.2. The molecule has 0 N–H and O–H groups in total. The Morgan fingerprint density at radius 3 is 2.00 bits per heavy atom. The molecule has 192 valence electrons. The molecule has 0 bridgehead atoms. The molecule has 3 rings (SSSR count). The molecule has 3 atom stereocenters. The third kappa shape index (κ3) is 5.97. The van der Waals surface area contributed by atoms with Gasteiger partial charge in [0, 0.05) is 13.7 Å². The van der Waals surface area contributed by atoms with Crippen LogP contribution in [0.1, 0.15) is 54.4 Å². The van der Waals surface area contributed by atoms with Crippen LogP contribution in [0.2, 0.25) is 5.04 Å². The molecule has 1 aliphatic rings. The summed E-state index contributed by atoms with van der Waals surface area (Å²) >= 11 is 0. The van der Waals surface area contributed by atoms with Crippen LogP contribution in [0, 0.1) is 5.92 Å². The van der Waals surface area contributed by atoms with Crippen molar-refractivity contribution in [1.29, 1.82) is 0 Å². The second-order valence-corrected chi connectivity index (χ2v) is 15.7. The molecule has 2 aromatic carbocycles. The summed E-state index contributed by atoms with van der Waals surface area (Å²) in [7, 11) is -0.816. The summed E-state index contributed by atoms with van der Waals surface area (Å²) < 4.78 is 25.5. The van der Waals surface area contributed by atoms with Crippen molar-refractivity contribution >= 4 is 18.7 Å². The summed E-state index contributed by atoms with van der Waals surface area (Å²) in [5.74, 6) is -0.367. The first-order valence-electron chi connectivity index (χ1n) is 12.7. The molecule has 0 amide bonds. The largest absolute Gasteiger partial charge is 0.407 e. The minimum atomic E-state index is -2.59. The highest BCUT2D eigenvalue weighted by Crippen LogP contribution is 2.40. The van der Waals surface area contributed by atoms with E-state index in [1.807, 2.05) is 19.9 Å². The molecule has 0 spiro atoms. The van der Waals surface area contributed by atoms with Crippen LogP contribution in [0.15, 0.2) is 73.3 Å². The molecule has 1 fully saturated rings. The third-order valence-electron chi connectivity index (χ3n) is 7.19. The van der Waals surface area contributed by atoms with Crippen LogP contribution in [0.3, 0.4) is 0 Å². The van der Waals surface area contributed by atoms with Gasteiger partial charge in [0.15, 0.2) is 5.79 Å². The quantitative estimate of drug-likeness (QED) is 0.295. The van der Waals surface area contributed by atoms with E-state index in [4.69, 9.17) is 18.6 Å². The minimum absolute atomic E-state index is 0.0543. The summed E-state index contributed by atoms with van der Waals surface area (Å²) in [5.41, 5.74) is -0.510. The van der Waals surface area contributed by atoms with E-state index in [-0.39, 0.29) is 17.1 Å². The minimum Gasteiger partial charge on any atom is -0.407 e. The summed E-state index contributed by atoms with van der Waals surface area (Å²) in [6, 6.07) is 21.6. The first-order valence-corrected chi connectivity index (χ1v) is 14.6. The first kappa shape index (κ1) is 27.8. The molecule has 4 nitrogen and oxygen atoms in total. The maximum atomic E-state index is 7.19. The van der Waals surface area contributed by atoms with Crippen molar-refractivity contribution in [2.24, 2.45) is 5.92 Å². The van der Waals surface area contributed by atoms with E-state index in [2.05, 4.69) is 94.9 Å². The van der Waals surface area contributed by atoms with Crippen LogP contribution < -0.4 is 10.4 Å². The van der Waals surface area contributed by atoms with E-state index < -0.39 is 19.7 Å². The SMILES string of the molecule is C=CC[C@](C[C@@H](C)CO[Si](c1ccccc1)(c1ccccc1)C(C)(C)C)(OC)[C@H]1COC(C)(C)O1. The fraction of sp³-hybridized carbons (Fsp3) is 0.533. The zero-order valence-electron chi connectivity index (χ0n) is 22.7. The number of benzene rings is 2. The zero-order valence-corrected chi connectivity index (χ0v) is 23.7. The highest BCUT2D eigenvalue weighted by molar-refractivity contribution is 6.99. The lowest BCUT2D eigenvalue weighted by Crippen LogP contribution is -2.67. The van der Waals surface area contributed by atoms with E-state index >= 15 is 0 Å². The van der Waals surface area contributed by atoms with Crippen LogP contribution in [-0.2, 0) is 18.6 Å². The van der Waals surface area contributed by atoms with Crippen molar-refractivity contribution in [2.45, 2.75) is 76.9 Å². The second kappa shape index (κ2) is 11.1. The molecule has 1 saturated heterocycles. The Kier molecular flexibility index (Phi) is 8.82. The Hall–Kier alpha value is -1.76. The van der Waals surface area contributed by atoms with Crippen LogP contribution in [0.4, 0.5) is 0 Å². The van der Waals surface area contributed by atoms with Gasteiger partial charge in [0.25, 0.3) is 8.32 Å². The van der Waals surface area contributed by atoms with Crippen molar-refractivity contribution < 1.29 is 18.6 Å². The predicted octanol–water partition coefficient (Wildman–Crippen LogP) is 5.70. The Bertz CT molecular complexity index is 898. The lowest BCUT2D eigenvalue weighted by molar-refractivity contribution is -0.180. The second-order valence-electron chi connectivity index (χ2n) is 11.4. The molecule has 0 radical (unpaired) electrons. The Morgan fingerprint density at radius 1 is 1.06 bits per heavy atom. The van der Waals surface area contributed by atoms with Gasteiger partial charge in [-0.15, -0.1) is 6.58 Å². The monoisotopic (exact) mass is 496 g/mol. The fourth-order valence-corrected chi connectivity index (χ4v) is 10.2. The first-order chi connectivity index (χ1) is 16.5. The van der Waals surface area contributed by atoms with E-state index in [1.165, 1.54) is 10.4 Å². The van der Waals surface area contributed by atoms with Crippen LogP contribution in [-0.4, -0.2) is 46.1 Å². The van der Waals surface area contributed by atoms with Gasteiger partial charge in [-0.2, -0.15) is 0 Å². The van der Waals surface area contributed by atoms with Crippen molar-refractivity contribution in [3.05, 3.63) is 73.3 Å². The molecule has 1 aliphatic heterocycles. The average molecular weight is 497 g/mol. The summed E-state index contributed by atoms with van der Waals surface area (Å²) in [5, 5.41) is 2.54. The number of rotatable bonds is 11. The van der Waals surface area contributed by atoms with E-state index in [9.17, 15) is 0 Å². The van der Waals surface area contributed by atoms with Crippen molar-refractivity contribution in [3.8, 4) is 0 Å². The molecule has 0 unspecified atom stereocenters. The van der Waals surface area contributed by atoms with Gasteiger partial charge < -0.3 is 18.6 Å². The molecule has 5 heteroatoms.